The highest BCUT2D eigenvalue weighted by Crippen LogP contribution is 2.41. The Balaban J connectivity index is 1.66. The van der Waals surface area contributed by atoms with Gasteiger partial charge >= 0.3 is 0 Å². The van der Waals surface area contributed by atoms with E-state index >= 15 is 0 Å². The molecule has 0 atom stereocenters. The van der Waals surface area contributed by atoms with Gasteiger partial charge < -0.3 is 0 Å². The minimum absolute atomic E-state index is 0.300. The molecule has 0 N–H and O–H groups in total. The molecule has 1 nitrogen and oxygen atoms in total. The predicted octanol–water partition coefficient (Wildman–Crippen LogP) is 4.19. The van der Waals surface area contributed by atoms with E-state index in [4.69, 9.17) is 0 Å². The average Bonchev–Trinajstić information content (AvgIpc) is 2.74. The van der Waals surface area contributed by atoms with Crippen molar-refractivity contribution in [3.8, 4) is 11.3 Å². The topological polar surface area (TPSA) is 12.9 Å². The van der Waals surface area contributed by atoms with Crippen LogP contribution < -0.4 is 16.4 Å². The van der Waals surface area contributed by atoms with Gasteiger partial charge in [-0.15, -0.1) is 0 Å². The van der Waals surface area contributed by atoms with Gasteiger partial charge in [0.1, 0.15) is 0 Å². The van der Waals surface area contributed by atoms with Crippen molar-refractivity contribution >= 4 is 46.6 Å². The molecule has 3 heterocycles. The number of hydrogen-bond donors (Lipinski definition) is 0. The van der Waals surface area contributed by atoms with Crippen LogP contribution in [0.15, 0.2) is 105 Å². The van der Waals surface area contributed by atoms with Crippen molar-refractivity contribution in [1.29, 1.82) is 0 Å². The Labute approximate surface area is 167 Å². The van der Waals surface area contributed by atoms with E-state index < -0.39 is 0 Å². The third kappa shape index (κ3) is 2.33. The van der Waals surface area contributed by atoms with Crippen LogP contribution in [0, 0.1) is 0 Å². The molecule has 0 fully saturated rings. The maximum absolute atomic E-state index is 4.62. The average molecular weight is 379 g/mol. The molecule has 2 aliphatic rings. The van der Waals surface area contributed by atoms with Crippen LogP contribution in [-0.2, 0) is 0 Å². The van der Waals surface area contributed by atoms with E-state index in [2.05, 4.69) is 77.8 Å². The molecule has 3 aromatic carbocycles. The fourth-order valence-electron chi connectivity index (χ4n) is 4.13. The van der Waals surface area contributed by atoms with Gasteiger partial charge in [0.25, 0.3) is 0 Å². The highest BCUT2D eigenvalue weighted by atomic mass is 32.2. The second-order valence-electron chi connectivity index (χ2n) is 6.78. The maximum Gasteiger partial charge on any atom is 0.247 e. The molecule has 0 unspecified atom stereocenters. The lowest BCUT2D eigenvalue weighted by atomic mass is 9.36. The van der Waals surface area contributed by atoms with Crippen molar-refractivity contribution in [2.75, 3.05) is 0 Å². The minimum atomic E-state index is 0.300. The summed E-state index contributed by atoms with van der Waals surface area (Å²) in [6.45, 7) is 0.300. The molecule has 2 aliphatic heterocycles. The molecule has 0 aliphatic carbocycles. The van der Waals surface area contributed by atoms with E-state index in [0.717, 1.165) is 5.69 Å². The summed E-state index contributed by atoms with van der Waals surface area (Å²) in [7, 11) is 0. The molecule has 27 heavy (non-hydrogen) atoms. The van der Waals surface area contributed by atoms with Gasteiger partial charge in [-0.2, -0.15) is 0 Å². The second kappa shape index (κ2) is 6.05. The Morgan fingerprint density at radius 3 is 2.26 bits per heavy atom. The number of nitrogens with zero attached hydrogens (tertiary/aromatic N) is 1. The zero-order valence-corrected chi connectivity index (χ0v) is 16.1. The molecule has 1 aromatic heterocycles. The number of hydrogen-bond acceptors (Lipinski definition) is 3. The number of aromatic nitrogens is 1. The second-order valence-corrected chi connectivity index (χ2v) is 8.92. The van der Waals surface area contributed by atoms with Crippen LogP contribution in [0.4, 0.5) is 0 Å². The normalized spacial score (nSPS) is 13.6. The van der Waals surface area contributed by atoms with Crippen LogP contribution in [0.3, 0.4) is 0 Å². The molecular formula is C23H14BNS2. The highest BCUT2D eigenvalue weighted by Gasteiger charge is 2.38. The smallest absolute Gasteiger partial charge is 0.247 e. The summed E-state index contributed by atoms with van der Waals surface area (Å²) in [4.78, 5) is 10.1. The molecule has 0 radical (unpaired) electrons. The van der Waals surface area contributed by atoms with Crippen LogP contribution in [-0.4, -0.2) is 11.7 Å². The monoisotopic (exact) mass is 379 g/mol. The Morgan fingerprint density at radius 2 is 1.37 bits per heavy atom. The fourth-order valence-corrected chi connectivity index (χ4v) is 6.65. The van der Waals surface area contributed by atoms with Gasteiger partial charge in [0.2, 0.25) is 6.71 Å². The summed E-state index contributed by atoms with van der Waals surface area (Å²) in [6, 6.07) is 28.4. The Morgan fingerprint density at radius 1 is 0.630 bits per heavy atom. The Bertz CT molecular complexity index is 1190. The van der Waals surface area contributed by atoms with Crippen LogP contribution in [0.25, 0.3) is 11.3 Å². The molecule has 126 valence electrons. The zero-order valence-electron chi connectivity index (χ0n) is 14.4. The summed E-state index contributed by atoms with van der Waals surface area (Å²) in [5, 5.41) is 0. The first-order valence-corrected chi connectivity index (χ1v) is 10.7. The molecule has 4 aromatic rings. The number of benzene rings is 3. The minimum Gasteiger partial charge on any atom is -0.256 e. The van der Waals surface area contributed by atoms with Gasteiger partial charge in [-0.25, -0.2) is 0 Å². The first kappa shape index (κ1) is 15.6. The molecule has 0 saturated carbocycles. The lowest BCUT2D eigenvalue weighted by Gasteiger charge is -2.33. The highest BCUT2D eigenvalue weighted by molar-refractivity contribution is 8.01. The van der Waals surface area contributed by atoms with Gasteiger partial charge in [-0.1, -0.05) is 83.0 Å². The van der Waals surface area contributed by atoms with Gasteiger partial charge in [-0.05, 0) is 35.8 Å². The van der Waals surface area contributed by atoms with Crippen LogP contribution >= 0.6 is 23.5 Å². The molecular weight excluding hydrogens is 365 g/mol. The van der Waals surface area contributed by atoms with Crippen LogP contribution in [0.1, 0.15) is 0 Å². The Kier molecular flexibility index (Phi) is 3.50. The summed E-state index contributed by atoms with van der Waals surface area (Å²) in [6.07, 6.45) is 1.88. The molecule has 0 spiro atoms. The fraction of sp³-hybridized carbons (Fsp3) is 0. The van der Waals surface area contributed by atoms with E-state index in [0.29, 0.717) is 6.71 Å². The molecule has 6 rings (SSSR count). The lowest BCUT2D eigenvalue weighted by molar-refractivity contribution is 1.29. The SMILES string of the molecule is c1ccc(-c2cccc3c2Sc2cccc4c2B3c2ccccc2S4)nc1. The van der Waals surface area contributed by atoms with Crippen molar-refractivity contribution in [3.05, 3.63) is 85.1 Å². The standard InChI is InChI=1S/C23H14BNS2/c1-2-11-19-16(8-1)24-17-9-5-7-15(18-10-3-4-14-25-18)23(17)27-21-13-6-12-20(26-19)22(21)24/h1-14H. The van der Waals surface area contributed by atoms with Crippen LogP contribution in [0.5, 0.6) is 0 Å². The van der Waals surface area contributed by atoms with E-state index in [1.165, 1.54) is 41.5 Å². The lowest BCUT2D eigenvalue weighted by Crippen LogP contribution is -2.58. The zero-order chi connectivity index (χ0) is 17.8. The third-order valence-corrected chi connectivity index (χ3v) is 7.68. The number of fused-ring (bicyclic) bond motifs is 4. The van der Waals surface area contributed by atoms with Gasteiger partial charge in [0, 0.05) is 31.3 Å². The summed E-state index contributed by atoms with van der Waals surface area (Å²) in [5.41, 5.74) is 6.56. The van der Waals surface area contributed by atoms with E-state index in [9.17, 15) is 0 Å². The third-order valence-electron chi connectivity index (χ3n) is 5.27. The van der Waals surface area contributed by atoms with Crippen molar-refractivity contribution in [1.82, 2.24) is 4.98 Å². The maximum atomic E-state index is 4.62. The summed E-state index contributed by atoms with van der Waals surface area (Å²) in [5.74, 6) is 0. The first-order valence-electron chi connectivity index (χ1n) is 9.02. The van der Waals surface area contributed by atoms with E-state index in [1.807, 2.05) is 35.8 Å². The molecule has 0 amide bonds. The number of pyridine rings is 1. The van der Waals surface area contributed by atoms with Gasteiger partial charge in [-0.3, -0.25) is 4.98 Å². The van der Waals surface area contributed by atoms with Gasteiger partial charge in [0.05, 0.1) is 5.69 Å². The summed E-state index contributed by atoms with van der Waals surface area (Å²) >= 11 is 3.79. The van der Waals surface area contributed by atoms with E-state index in [-0.39, 0.29) is 0 Å². The van der Waals surface area contributed by atoms with Crippen LogP contribution in [0.2, 0.25) is 0 Å². The first-order chi connectivity index (χ1) is 13.4. The molecule has 4 heteroatoms. The van der Waals surface area contributed by atoms with Crippen molar-refractivity contribution < 1.29 is 0 Å². The van der Waals surface area contributed by atoms with E-state index in [1.54, 1.807) is 0 Å². The van der Waals surface area contributed by atoms with Crippen molar-refractivity contribution in [3.63, 3.8) is 0 Å². The van der Waals surface area contributed by atoms with Gasteiger partial charge in [0.15, 0.2) is 0 Å². The van der Waals surface area contributed by atoms with Crippen molar-refractivity contribution in [2.24, 2.45) is 0 Å². The number of rotatable bonds is 1. The van der Waals surface area contributed by atoms with Crippen molar-refractivity contribution in [2.45, 2.75) is 19.6 Å². The predicted molar refractivity (Wildman–Crippen MR) is 115 cm³/mol. The Hall–Kier alpha value is -2.43. The molecule has 0 saturated heterocycles. The molecule has 0 bridgehead atoms. The quantitative estimate of drug-likeness (QED) is 0.398. The largest absolute Gasteiger partial charge is 0.256 e. The summed E-state index contributed by atoms with van der Waals surface area (Å²) < 4.78 is 0.